The normalized spacial score (nSPS) is 16.7. The molecule has 0 saturated carbocycles. The summed E-state index contributed by atoms with van der Waals surface area (Å²) >= 11 is 0. The summed E-state index contributed by atoms with van der Waals surface area (Å²) in [6.07, 6.45) is 9.65. The minimum atomic E-state index is -0.0706. The molecule has 136 valence electrons. The van der Waals surface area contributed by atoms with Crippen LogP contribution in [-0.4, -0.2) is 37.3 Å². The summed E-state index contributed by atoms with van der Waals surface area (Å²) in [7, 11) is 0. The molecular weight excluding hydrogens is 340 g/mol. The second-order valence-electron chi connectivity index (χ2n) is 6.40. The van der Waals surface area contributed by atoms with Crippen molar-refractivity contribution >= 4 is 17.7 Å². The van der Waals surface area contributed by atoms with Gasteiger partial charge in [-0.1, -0.05) is 6.07 Å². The van der Waals surface area contributed by atoms with E-state index >= 15 is 0 Å². The highest BCUT2D eigenvalue weighted by molar-refractivity contribution is 5.94. The highest BCUT2D eigenvalue weighted by Crippen LogP contribution is 2.31. The van der Waals surface area contributed by atoms with Gasteiger partial charge in [0.25, 0.3) is 5.91 Å². The third-order valence-electron chi connectivity index (χ3n) is 4.60. The van der Waals surface area contributed by atoms with Crippen LogP contribution >= 0.6 is 0 Å². The van der Waals surface area contributed by atoms with Gasteiger partial charge in [-0.05, 0) is 49.6 Å². The topological polar surface area (TPSA) is 83.9 Å². The number of carbonyl (C=O) groups is 1. The monoisotopic (exact) mass is 360 g/mol. The van der Waals surface area contributed by atoms with E-state index in [2.05, 4.69) is 25.3 Å². The number of nitrogens with zero attached hydrogens (tertiary/aromatic N) is 5. The van der Waals surface area contributed by atoms with Gasteiger partial charge in [-0.2, -0.15) is 0 Å². The first-order valence-corrected chi connectivity index (χ1v) is 9.03. The summed E-state index contributed by atoms with van der Waals surface area (Å²) in [5.74, 6) is 1.15. The molecule has 4 rings (SSSR count). The third kappa shape index (κ3) is 3.92. The van der Waals surface area contributed by atoms with Crippen molar-refractivity contribution in [3.05, 3.63) is 72.4 Å². The average molecular weight is 360 g/mol. The second kappa shape index (κ2) is 7.90. The molecule has 3 aromatic rings. The van der Waals surface area contributed by atoms with E-state index in [9.17, 15) is 4.79 Å². The van der Waals surface area contributed by atoms with Gasteiger partial charge in [-0.15, -0.1) is 0 Å². The first-order chi connectivity index (χ1) is 13.3. The smallest absolute Gasteiger partial charge is 0.255 e. The molecule has 0 aliphatic carbocycles. The summed E-state index contributed by atoms with van der Waals surface area (Å²) in [4.78, 5) is 32.1. The Morgan fingerprint density at radius 1 is 1.04 bits per heavy atom. The van der Waals surface area contributed by atoms with Crippen molar-refractivity contribution in [3.63, 3.8) is 0 Å². The molecule has 1 fully saturated rings. The molecule has 27 heavy (non-hydrogen) atoms. The number of pyridine rings is 2. The van der Waals surface area contributed by atoms with E-state index in [0.29, 0.717) is 23.9 Å². The van der Waals surface area contributed by atoms with Crippen LogP contribution in [0.2, 0.25) is 0 Å². The molecule has 1 aliphatic heterocycles. The summed E-state index contributed by atoms with van der Waals surface area (Å²) in [6.45, 7) is 0.714. The standard InChI is InChI=1S/C20H20N6O/c27-19(15-6-5-10-21-14-15)26-13-4-2-7-17(26)16-9-12-23-20(24-16)25-18-8-1-3-11-22-18/h1,3,5-6,8-12,14,17H,2,4,7,13H2,(H,22,23,24,25)/t17-/m1/s1. The molecule has 0 spiro atoms. The number of amides is 1. The van der Waals surface area contributed by atoms with E-state index in [1.165, 1.54) is 0 Å². The molecule has 1 atom stereocenters. The molecule has 1 amide bonds. The summed E-state index contributed by atoms with van der Waals surface area (Å²) < 4.78 is 0. The molecule has 0 bridgehead atoms. The average Bonchev–Trinajstić information content (AvgIpc) is 2.75. The highest BCUT2D eigenvalue weighted by atomic mass is 16.2. The van der Waals surface area contributed by atoms with Gasteiger partial charge in [0.1, 0.15) is 5.82 Å². The van der Waals surface area contributed by atoms with Gasteiger partial charge < -0.3 is 10.2 Å². The summed E-state index contributed by atoms with van der Waals surface area (Å²) in [6, 6.07) is 11.0. The van der Waals surface area contributed by atoms with Crippen molar-refractivity contribution in [2.45, 2.75) is 25.3 Å². The van der Waals surface area contributed by atoms with Crippen LogP contribution in [-0.2, 0) is 0 Å². The van der Waals surface area contributed by atoms with Gasteiger partial charge >= 0.3 is 0 Å². The first kappa shape index (κ1) is 17.1. The van der Waals surface area contributed by atoms with Crippen molar-refractivity contribution in [3.8, 4) is 0 Å². The lowest BCUT2D eigenvalue weighted by molar-refractivity contribution is 0.0605. The minimum Gasteiger partial charge on any atom is -0.330 e. The zero-order chi connectivity index (χ0) is 18.5. The Bertz CT molecular complexity index is 903. The van der Waals surface area contributed by atoms with Crippen molar-refractivity contribution in [1.82, 2.24) is 24.8 Å². The fourth-order valence-electron chi connectivity index (χ4n) is 3.31. The molecule has 0 aromatic carbocycles. The predicted octanol–water partition coefficient (Wildman–Crippen LogP) is 3.38. The molecule has 7 nitrogen and oxygen atoms in total. The Hall–Kier alpha value is -3.35. The Balaban J connectivity index is 1.58. The van der Waals surface area contributed by atoms with Crippen molar-refractivity contribution in [2.24, 2.45) is 0 Å². The van der Waals surface area contributed by atoms with Gasteiger partial charge in [-0.3, -0.25) is 9.78 Å². The SMILES string of the molecule is O=C(c1cccnc1)N1CCCC[C@@H]1c1ccnc(Nc2ccccn2)n1. The number of likely N-dealkylation sites (tertiary alicyclic amines) is 1. The minimum absolute atomic E-state index is 0.00866. The van der Waals surface area contributed by atoms with Crippen LogP contribution in [0.5, 0.6) is 0 Å². The number of rotatable bonds is 4. The van der Waals surface area contributed by atoms with Gasteiger partial charge in [0.2, 0.25) is 5.95 Å². The van der Waals surface area contributed by atoms with E-state index in [1.54, 1.807) is 36.9 Å². The van der Waals surface area contributed by atoms with Crippen LogP contribution in [0.15, 0.2) is 61.2 Å². The first-order valence-electron chi connectivity index (χ1n) is 9.03. The molecular formula is C20H20N6O. The van der Waals surface area contributed by atoms with E-state index in [4.69, 9.17) is 0 Å². The van der Waals surface area contributed by atoms with Crippen LogP contribution in [0, 0.1) is 0 Å². The number of carbonyl (C=O) groups excluding carboxylic acids is 1. The lowest BCUT2D eigenvalue weighted by atomic mass is 9.98. The van der Waals surface area contributed by atoms with Crippen LogP contribution in [0.3, 0.4) is 0 Å². The Morgan fingerprint density at radius 2 is 2.00 bits per heavy atom. The van der Waals surface area contributed by atoms with Crippen molar-refractivity contribution < 1.29 is 4.79 Å². The number of nitrogens with one attached hydrogen (secondary N) is 1. The van der Waals surface area contributed by atoms with Crippen LogP contribution < -0.4 is 5.32 Å². The van der Waals surface area contributed by atoms with Crippen LogP contribution in [0.4, 0.5) is 11.8 Å². The summed E-state index contributed by atoms with van der Waals surface area (Å²) in [5.41, 5.74) is 1.44. The Morgan fingerprint density at radius 3 is 2.81 bits per heavy atom. The number of piperidine rings is 1. The molecule has 0 radical (unpaired) electrons. The van der Waals surface area contributed by atoms with Gasteiger partial charge in [-0.25, -0.2) is 15.0 Å². The Kier molecular flexibility index (Phi) is 5.00. The van der Waals surface area contributed by atoms with Gasteiger partial charge in [0.05, 0.1) is 17.3 Å². The summed E-state index contributed by atoms with van der Waals surface area (Å²) in [5, 5.41) is 3.11. The molecule has 0 unspecified atom stereocenters. The number of anilines is 2. The van der Waals surface area contributed by atoms with E-state index in [-0.39, 0.29) is 11.9 Å². The lowest BCUT2D eigenvalue weighted by Crippen LogP contribution is -2.39. The Labute approximate surface area is 157 Å². The quantitative estimate of drug-likeness (QED) is 0.768. The van der Waals surface area contributed by atoms with Crippen molar-refractivity contribution in [1.29, 1.82) is 0 Å². The lowest BCUT2D eigenvalue weighted by Gasteiger charge is -2.35. The van der Waals surface area contributed by atoms with Crippen LogP contribution in [0.1, 0.15) is 41.4 Å². The molecule has 1 aliphatic rings. The molecule has 7 heteroatoms. The largest absolute Gasteiger partial charge is 0.330 e. The molecule has 1 saturated heterocycles. The van der Waals surface area contributed by atoms with E-state index in [0.717, 1.165) is 25.0 Å². The highest BCUT2D eigenvalue weighted by Gasteiger charge is 2.30. The van der Waals surface area contributed by atoms with Gasteiger partial charge in [0.15, 0.2) is 0 Å². The van der Waals surface area contributed by atoms with E-state index < -0.39 is 0 Å². The molecule has 3 aromatic heterocycles. The van der Waals surface area contributed by atoms with E-state index in [1.807, 2.05) is 29.2 Å². The number of hydrogen-bond acceptors (Lipinski definition) is 6. The zero-order valence-electron chi connectivity index (χ0n) is 14.8. The molecule has 4 heterocycles. The fraction of sp³-hybridized carbons (Fsp3) is 0.250. The maximum atomic E-state index is 13.0. The number of aromatic nitrogens is 4. The predicted molar refractivity (Wildman–Crippen MR) is 101 cm³/mol. The molecule has 1 N–H and O–H groups in total. The maximum absolute atomic E-state index is 13.0. The zero-order valence-corrected chi connectivity index (χ0v) is 14.8. The van der Waals surface area contributed by atoms with Crippen molar-refractivity contribution in [2.75, 3.05) is 11.9 Å². The number of hydrogen-bond donors (Lipinski definition) is 1. The third-order valence-corrected chi connectivity index (χ3v) is 4.60. The fourth-order valence-corrected chi connectivity index (χ4v) is 3.31. The maximum Gasteiger partial charge on any atom is 0.255 e. The van der Waals surface area contributed by atoms with Gasteiger partial charge in [0, 0.05) is 31.3 Å². The van der Waals surface area contributed by atoms with Crippen LogP contribution in [0.25, 0.3) is 0 Å². The second-order valence-corrected chi connectivity index (χ2v) is 6.40.